The molecular formula is C13H8NO3. The Bertz CT molecular complexity index is 578. The van der Waals surface area contributed by atoms with Gasteiger partial charge in [-0.1, -0.05) is 36.4 Å². The number of benzene rings is 2. The van der Waals surface area contributed by atoms with Crippen molar-refractivity contribution in [2.75, 3.05) is 0 Å². The lowest BCUT2D eigenvalue weighted by atomic mass is 9.99. The van der Waals surface area contributed by atoms with Crippen LogP contribution < -0.4 is 0 Å². The summed E-state index contributed by atoms with van der Waals surface area (Å²) < 4.78 is 0. The Morgan fingerprint density at radius 3 is 2.18 bits per heavy atom. The Balaban J connectivity index is 2.68. The van der Waals surface area contributed by atoms with E-state index in [1.54, 1.807) is 48.8 Å². The summed E-state index contributed by atoms with van der Waals surface area (Å²) in [5.41, 5.74) is 1.25. The van der Waals surface area contributed by atoms with Crippen LogP contribution >= 0.6 is 0 Å². The van der Waals surface area contributed by atoms with Gasteiger partial charge in [0.1, 0.15) is 0 Å². The van der Waals surface area contributed by atoms with Gasteiger partial charge < -0.3 is 0 Å². The van der Waals surface area contributed by atoms with Gasteiger partial charge in [-0.05, 0) is 11.6 Å². The van der Waals surface area contributed by atoms with E-state index in [9.17, 15) is 14.9 Å². The lowest BCUT2D eigenvalue weighted by Crippen LogP contribution is -1.94. The molecule has 0 unspecified atom stereocenters. The summed E-state index contributed by atoms with van der Waals surface area (Å²) >= 11 is 0. The van der Waals surface area contributed by atoms with Crippen LogP contribution in [-0.2, 0) is 4.79 Å². The maximum Gasteiger partial charge on any atom is 0.277 e. The number of rotatable bonds is 3. The van der Waals surface area contributed by atoms with Crippen molar-refractivity contribution >= 4 is 12.0 Å². The van der Waals surface area contributed by atoms with Crippen LogP contribution in [-0.4, -0.2) is 11.2 Å². The van der Waals surface area contributed by atoms with Crippen LogP contribution in [0.2, 0.25) is 0 Å². The van der Waals surface area contributed by atoms with Gasteiger partial charge in [0, 0.05) is 11.6 Å². The molecule has 0 bridgehead atoms. The zero-order valence-corrected chi connectivity index (χ0v) is 8.79. The van der Waals surface area contributed by atoms with Crippen molar-refractivity contribution in [3.05, 3.63) is 64.2 Å². The minimum absolute atomic E-state index is 0.0183. The van der Waals surface area contributed by atoms with Crippen molar-refractivity contribution in [3.63, 3.8) is 0 Å². The highest BCUT2D eigenvalue weighted by molar-refractivity contribution is 5.90. The third-order valence-corrected chi connectivity index (χ3v) is 2.43. The highest BCUT2D eigenvalue weighted by Gasteiger charge is 2.16. The lowest BCUT2D eigenvalue weighted by Gasteiger charge is -2.04. The molecule has 0 aromatic heterocycles. The molecule has 17 heavy (non-hydrogen) atoms. The van der Waals surface area contributed by atoms with Crippen LogP contribution in [0, 0.1) is 10.1 Å². The van der Waals surface area contributed by atoms with E-state index in [0.717, 1.165) is 0 Å². The van der Waals surface area contributed by atoms with Gasteiger partial charge in [0.2, 0.25) is 6.29 Å². The number of hydrogen-bond donors (Lipinski definition) is 0. The van der Waals surface area contributed by atoms with Crippen molar-refractivity contribution in [1.29, 1.82) is 0 Å². The van der Waals surface area contributed by atoms with Crippen LogP contribution in [0.3, 0.4) is 0 Å². The van der Waals surface area contributed by atoms with Gasteiger partial charge in [-0.15, -0.1) is 0 Å². The van der Waals surface area contributed by atoms with E-state index < -0.39 is 4.92 Å². The first-order chi connectivity index (χ1) is 8.24. The quantitative estimate of drug-likeness (QED) is 0.597. The smallest absolute Gasteiger partial charge is 0.277 e. The first kappa shape index (κ1) is 11.0. The van der Waals surface area contributed by atoms with Crippen LogP contribution in [0.15, 0.2) is 48.5 Å². The van der Waals surface area contributed by atoms with Crippen molar-refractivity contribution in [1.82, 2.24) is 0 Å². The average Bonchev–Trinajstić information content (AvgIpc) is 2.38. The second-order valence-corrected chi connectivity index (χ2v) is 3.42. The predicted octanol–water partition coefficient (Wildman–Crippen LogP) is 2.72. The van der Waals surface area contributed by atoms with Gasteiger partial charge in [-0.2, -0.15) is 0 Å². The molecule has 0 spiro atoms. The number of hydrogen-bond acceptors (Lipinski definition) is 3. The first-order valence-electron chi connectivity index (χ1n) is 4.95. The van der Waals surface area contributed by atoms with Crippen LogP contribution in [0.5, 0.6) is 0 Å². The Morgan fingerprint density at radius 1 is 0.941 bits per heavy atom. The Labute approximate surface area is 97.7 Å². The molecule has 83 valence electrons. The average molecular weight is 226 g/mol. The van der Waals surface area contributed by atoms with Gasteiger partial charge in [0.05, 0.1) is 10.5 Å². The molecule has 1 radical (unpaired) electrons. The fourth-order valence-electron chi connectivity index (χ4n) is 1.67. The maximum absolute atomic E-state index is 10.9. The molecule has 0 fully saturated rings. The molecule has 0 saturated carbocycles. The van der Waals surface area contributed by atoms with E-state index in [4.69, 9.17) is 0 Å². The fourth-order valence-corrected chi connectivity index (χ4v) is 1.67. The highest BCUT2D eigenvalue weighted by atomic mass is 16.6. The molecule has 2 aromatic carbocycles. The zero-order valence-electron chi connectivity index (χ0n) is 8.79. The molecule has 2 rings (SSSR count). The molecule has 0 atom stereocenters. The monoisotopic (exact) mass is 226 g/mol. The molecule has 0 aliphatic rings. The maximum atomic E-state index is 10.9. The molecule has 4 heteroatoms. The molecule has 0 heterocycles. The number of nitrogens with zero attached hydrogens (tertiary/aromatic N) is 1. The van der Waals surface area contributed by atoms with Crippen molar-refractivity contribution < 1.29 is 9.72 Å². The second kappa shape index (κ2) is 4.57. The minimum Gasteiger partial charge on any atom is -0.285 e. The molecule has 0 aliphatic carbocycles. The summed E-state index contributed by atoms with van der Waals surface area (Å²) in [5, 5.41) is 10.9. The van der Waals surface area contributed by atoms with Gasteiger partial charge in [-0.25, -0.2) is 0 Å². The van der Waals surface area contributed by atoms with Crippen molar-refractivity contribution in [2.24, 2.45) is 0 Å². The largest absolute Gasteiger partial charge is 0.285 e. The predicted molar refractivity (Wildman–Crippen MR) is 63.3 cm³/mol. The van der Waals surface area contributed by atoms with Gasteiger partial charge >= 0.3 is 0 Å². The van der Waals surface area contributed by atoms with Gasteiger partial charge in [0.15, 0.2) is 0 Å². The number of carbonyl (C=O) groups excluding carboxylic acids is 1. The van der Waals surface area contributed by atoms with Crippen molar-refractivity contribution in [3.8, 4) is 11.1 Å². The molecule has 0 amide bonds. The van der Waals surface area contributed by atoms with E-state index in [0.29, 0.717) is 16.7 Å². The third-order valence-electron chi connectivity index (χ3n) is 2.43. The van der Waals surface area contributed by atoms with Crippen molar-refractivity contribution in [2.45, 2.75) is 0 Å². The fraction of sp³-hybridized carbons (Fsp3) is 0. The van der Waals surface area contributed by atoms with E-state index in [2.05, 4.69) is 0 Å². The summed E-state index contributed by atoms with van der Waals surface area (Å²) in [7, 11) is 0. The van der Waals surface area contributed by atoms with E-state index in [1.165, 1.54) is 6.07 Å². The first-order valence-corrected chi connectivity index (χ1v) is 4.95. The topological polar surface area (TPSA) is 60.2 Å². The summed E-state index contributed by atoms with van der Waals surface area (Å²) in [6.07, 6.45) is 1.79. The number of nitro benzene ring substituents is 1. The SMILES string of the molecule is O=[C]c1ccccc1-c1ccccc1[N+](=O)[O-]. The summed E-state index contributed by atoms with van der Waals surface area (Å²) in [6.45, 7) is 0. The molecule has 4 nitrogen and oxygen atoms in total. The Morgan fingerprint density at radius 2 is 1.53 bits per heavy atom. The lowest BCUT2D eigenvalue weighted by molar-refractivity contribution is -0.384. The van der Waals surface area contributed by atoms with Gasteiger partial charge in [0.25, 0.3) is 5.69 Å². The van der Waals surface area contributed by atoms with Crippen LogP contribution in [0.4, 0.5) is 5.69 Å². The minimum atomic E-state index is -0.461. The number of para-hydroxylation sites is 1. The molecule has 0 saturated heterocycles. The van der Waals surface area contributed by atoms with E-state index in [1.807, 2.05) is 0 Å². The van der Waals surface area contributed by atoms with E-state index >= 15 is 0 Å². The Hall–Kier alpha value is -2.49. The normalized spacial score (nSPS) is 9.88. The van der Waals surface area contributed by atoms with Crippen LogP contribution in [0.1, 0.15) is 5.56 Å². The molecule has 0 N–H and O–H groups in total. The standard InChI is InChI=1S/C13H8NO3/c15-9-10-5-1-2-6-11(10)12-7-3-4-8-13(12)14(16)17/h1-8H. The highest BCUT2D eigenvalue weighted by Crippen LogP contribution is 2.31. The third kappa shape index (κ3) is 2.06. The van der Waals surface area contributed by atoms with Gasteiger partial charge in [-0.3, -0.25) is 14.9 Å². The summed E-state index contributed by atoms with van der Waals surface area (Å²) in [6, 6.07) is 13.0. The summed E-state index contributed by atoms with van der Waals surface area (Å²) in [5.74, 6) is 0. The zero-order chi connectivity index (χ0) is 12.3. The summed E-state index contributed by atoms with van der Waals surface area (Å²) in [4.78, 5) is 21.2. The second-order valence-electron chi connectivity index (χ2n) is 3.42. The number of nitro groups is 1. The van der Waals surface area contributed by atoms with E-state index in [-0.39, 0.29) is 5.69 Å². The van der Waals surface area contributed by atoms with Crippen LogP contribution in [0.25, 0.3) is 11.1 Å². The molecule has 0 aliphatic heterocycles. The molecular weight excluding hydrogens is 218 g/mol. The Kier molecular flexibility index (Phi) is 2.96. The molecule has 2 aromatic rings.